The molecular formula is C11H8N2O2S. The van der Waals surface area contributed by atoms with Crippen molar-refractivity contribution in [2.75, 3.05) is 0 Å². The van der Waals surface area contributed by atoms with E-state index in [-0.39, 0.29) is 4.90 Å². The molecule has 0 heterocycles. The van der Waals surface area contributed by atoms with E-state index < -0.39 is 10.7 Å². The molecule has 2 rings (SSSR count). The van der Waals surface area contributed by atoms with Gasteiger partial charge in [0, 0.05) is 5.39 Å². The summed E-state index contributed by atoms with van der Waals surface area (Å²) in [5.41, 5.74) is 8.86. The smallest absolute Gasteiger partial charge is 0.289 e. The van der Waals surface area contributed by atoms with Gasteiger partial charge in [-0.25, -0.2) is 8.42 Å². The number of hydrogen-bond donors (Lipinski definition) is 1. The van der Waals surface area contributed by atoms with E-state index in [2.05, 4.69) is 4.79 Å². The highest BCUT2D eigenvalue weighted by Gasteiger charge is 2.10. The molecule has 4 nitrogen and oxygen atoms in total. The maximum atomic E-state index is 11.2. The molecule has 0 aliphatic heterocycles. The predicted octanol–water partition coefficient (Wildman–Crippen LogP) is 1.46. The van der Waals surface area contributed by atoms with Crippen molar-refractivity contribution in [3.8, 4) is 0 Å². The second-order valence-corrected chi connectivity index (χ2v) is 4.19. The number of hydrogen-bond acceptors (Lipinski definition) is 2. The van der Waals surface area contributed by atoms with Gasteiger partial charge in [0.05, 0.1) is 10.5 Å². The van der Waals surface area contributed by atoms with Gasteiger partial charge in [0.1, 0.15) is 0 Å². The van der Waals surface area contributed by atoms with Crippen LogP contribution >= 0.6 is 0 Å². The third-order valence-electron chi connectivity index (χ3n) is 2.31. The van der Waals surface area contributed by atoms with Crippen molar-refractivity contribution >= 4 is 27.7 Å². The molecule has 0 bridgehead atoms. The summed E-state index contributed by atoms with van der Waals surface area (Å²) >= 11 is 0. The summed E-state index contributed by atoms with van der Waals surface area (Å²) in [5.74, 6) is 0. The highest BCUT2D eigenvalue weighted by Crippen LogP contribution is 2.22. The standard InChI is InChI=1S/C11H8N2O2S/c12-13-7-9-6-5-8-3-1-2-4-10(8)11(9)16(14)15/h1-7,16H. The van der Waals surface area contributed by atoms with Crippen LogP contribution in [0.2, 0.25) is 0 Å². The minimum absolute atomic E-state index is 0.186. The van der Waals surface area contributed by atoms with E-state index in [4.69, 9.17) is 5.53 Å². The van der Waals surface area contributed by atoms with Gasteiger partial charge < -0.3 is 5.53 Å². The number of nitrogens with zero attached hydrogens (tertiary/aromatic N) is 2. The summed E-state index contributed by atoms with van der Waals surface area (Å²) in [6, 6.07) is 10.6. The highest BCUT2D eigenvalue weighted by molar-refractivity contribution is 7.72. The van der Waals surface area contributed by atoms with Crippen LogP contribution in [-0.2, 0) is 10.7 Å². The summed E-state index contributed by atoms with van der Waals surface area (Å²) in [6.45, 7) is 0. The molecule has 0 atom stereocenters. The first-order valence-corrected chi connectivity index (χ1v) is 5.75. The number of benzene rings is 2. The van der Waals surface area contributed by atoms with Crippen LogP contribution in [0.3, 0.4) is 0 Å². The molecule has 0 saturated heterocycles. The Morgan fingerprint density at radius 2 is 1.88 bits per heavy atom. The normalized spacial score (nSPS) is 10.3. The van der Waals surface area contributed by atoms with Gasteiger partial charge in [-0.3, -0.25) is 0 Å². The third-order valence-corrected chi connectivity index (χ3v) is 3.18. The molecule has 0 aliphatic rings. The summed E-state index contributed by atoms with van der Waals surface area (Å²) in [6.07, 6.45) is 1.12. The zero-order valence-corrected chi connectivity index (χ0v) is 9.09. The maximum Gasteiger partial charge on any atom is 0.289 e. The maximum absolute atomic E-state index is 11.2. The first-order valence-electron chi connectivity index (χ1n) is 4.57. The lowest BCUT2D eigenvalue weighted by Crippen LogP contribution is -1.93. The molecule has 0 saturated carbocycles. The van der Waals surface area contributed by atoms with E-state index in [1.54, 1.807) is 24.3 Å². The lowest BCUT2D eigenvalue weighted by atomic mass is 10.1. The van der Waals surface area contributed by atoms with Crippen LogP contribution in [0.15, 0.2) is 41.3 Å². The molecular weight excluding hydrogens is 224 g/mol. The molecule has 0 aliphatic carbocycles. The van der Waals surface area contributed by atoms with Crippen molar-refractivity contribution in [1.82, 2.24) is 0 Å². The Labute approximate surface area is 93.7 Å². The zero-order chi connectivity index (χ0) is 11.5. The van der Waals surface area contributed by atoms with Crippen LogP contribution in [0, 0.1) is 0 Å². The largest absolute Gasteiger partial charge is 0.361 e. The fraction of sp³-hybridized carbons (Fsp3) is 0. The van der Waals surface area contributed by atoms with Gasteiger partial charge in [-0.2, -0.15) is 4.79 Å². The zero-order valence-electron chi connectivity index (χ0n) is 8.20. The SMILES string of the molecule is [N-]=[N+]=Cc1ccc2ccccc2c1[SH](=O)=O. The molecule has 16 heavy (non-hydrogen) atoms. The predicted molar refractivity (Wildman–Crippen MR) is 61.3 cm³/mol. The molecule has 0 fully saturated rings. The van der Waals surface area contributed by atoms with Gasteiger partial charge >= 0.3 is 0 Å². The monoisotopic (exact) mass is 232 g/mol. The Morgan fingerprint density at radius 3 is 2.56 bits per heavy atom. The molecule has 0 spiro atoms. The highest BCUT2D eigenvalue weighted by atomic mass is 32.2. The first kappa shape index (κ1) is 10.5. The molecule has 2 aromatic rings. The minimum Gasteiger partial charge on any atom is -0.361 e. The third kappa shape index (κ3) is 1.74. The van der Waals surface area contributed by atoms with Crippen molar-refractivity contribution < 1.29 is 13.2 Å². The molecule has 0 radical (unpaired) electrons. The number of fused-ring (bicyclic) bond motifs is 1. The fourth-order valence-electron chi connectivity index (χ4n) is 1.64. The van der Waals surface area contributed by atoms with Crippen molar-refractivity contribution in [3.63, 3.8) is 0 Å². The van der Waals surface area contributed by atoms with Crippen LogP contribution in [0.25, 0.3) is 16.3 Å². The van der Waals surface area contributed by atoms with Gasteiger partial charge in [0.25, 0.3) is 6.21 Å². The summed E-state index contributed by atoms with van der Waals surface area (Å²) in [4.78, 5) is 3.05. The molecule has 80 valence electrons. The van der Waals surface area contributed by atoms with Crippen LogP contribution < -0.4 is 0 Å². The fourth-order valence-corrected chi connectivity index (χ4v) is 2.39. The van der Waals surface area contributed by atoms with E-state index in [0.29, 0.717) is 10.9 Å². The van der Waals surface area contributed by atoms with E-state index in [1.807, 2.05) is 12.1 Å². The van der Waals surface area contributed by atoms with Crippen LogP contribution in [0.4, 0.5) is 0 Å². The Morgan fingerprint density at radius 1 is 1.12 bits per heavy atom. The van der Waals surface area contributed by atoms with Gasteiger partial charge in [-0.1, -0.05) is 30.3 Å². The summed E-state index contributed by atoms with van der Waals surface area (Å²) < 4.78 is 22.4. The first-order chi connectivity index (χ1) is 7.74. The van der Waals surface area contributed by atoms with Crippen molar-refractivity contribution in [2.24, 2.45) is 0 Å². The molecule has 5 heteroatoms. The van der Waals surface area contributed by atoms with E-state index in [1.165, 1.54) is 0 Å². The minimum atomic E-state index is -2.73. The molecule has 2 aromatic carbocycles. The lowest BCUT2D eigenvalue weighted by molar-refractivity contribution is 0.00439. The van der Waals surface area contributed by atoms with Gasteiger partial charge in [-0.15, -0.1) is 0 Å². The van der Waals surface area contributed by atoms with Gasteiger partial charge in [0.2, 0.25) is 0 Å². The average molecular weight is 232 g/mol. The summed E-state index contributed by atoms with van der Waals surface area (Å²) in [7, 11) is -2.73. The molecule has 0 N–H and O–H groups in total. The van der Waals surface area contributed by atoms with Crippen LogP contribution in [0.1, 0.15) is 5.56 Å². The van der Waals surface area contributed by atoms with Crippen molar-refractivity contribution in [2.45, 2.75) is 4.90 Å². The van der Waals surface area contributed by atoms with Gasteiger partial charge in [0.15, 0.2) is 10.7 Å². The number of rotatable bonds is 2. The van der Waals surface area contributed by atoms with E-state index >= 15 is 0 Å². The van der Waals surface area contributed by atoms with Crippen molar-refractivity contribution in [1.29, 1.82) is 0 Å². The molecule has 0 amide bonds. The topological polar surface area (TPSA) is 70.5 Å². The second kappa shape index (κ2) is 4.26. The Balaban J connectivity index is 2.95. The van der Waals surface area contributed by atoms with Gasteiger partial charge in [-0.05, 0) is 11.5 Å². The van der Waals surface area contributed by atoms with Crippen LogP contribution in [-0.4, -0.2) is 19.4 Å². The lowest BCUT2D eigenvalue weighted by Gasteiger charge is -2.01. The Hall–Kier alpha value is -1.97. The number of thiol groups is 1. The quantitative estimate of drug-likeness (QED) is 0.368. The Kier molecular flexibility index (Phi) is 2.81. The van der Waals surface area contributed by atoms with E-state index in [9.17, 15) is 8.42 Å². The van der Waals surface area contributed by atoms with E-state index in [0.717, 1.165) is 11.6 Å². The second-order valence-electron chi connectivity index (χ2n) is 3.23. The summed E-state index contributed by atoms with van der Waals surface area (Å²) in [5, 5.41) is 1.47. The molecule has 0 unspecified atom stereocenters. The Bertz CT molecular complexity index is 663. The van der Waals surface area contributed by atoms with Crippen LogP contribution in [0.5, 0.6) is 0 Å². The van der Waals surface area contributed by atoms with Crippen molar-refractivity contribution in [3.05, 3.63) is 47.5 Å². The molecule has 0 aromatic heterocycles. The average Bonchev–Trinajstić information content (AvgIpc) is 2.28.